The van der Waals surface area contributed by atoms with Gasteiger partial charge in [0.15, 0.2) is 11.6 Å². The Hall–Kier alpha value is -2.24. The van der Waals surface area contributed by atoms with Crippen molar-refractivity contribution >= 4 is 11.4 Å². The third-order valence-electron chi connectivity index (χ3n) is 2.77. The fourth-order valence-electron chi connectivity index (χ4n) is 1.85. The van der Waals surface area contributed by atoms with E-state index in [0.29, 0.717) is 11.4 Å². The number of H-pyrrole nitrogens is 1. The molecule has 5 nitrogen and oxygen atoms in total. The van der Waals surface area contributed by atoms with Crippen molar-refractivity contribution in [2.45, 2.75) is 32.9 Å². The minimum Gasteiger partial charge on any atom is -0.488 e. The number of halogens is 1. The minimum atomic E-state index is -0.465. The lowest BCUT2D eigenvalue weighted by Gasteiger charge is -2.17. The van der Waals surface area contributed by atoms with E-state index >= 15 is 0 Å². The number of anilines is 2. The molecule has 1 heterocycles. The zero-order valence-corrected chi connectivity index (χ0v) is 11.8. The van der Waals surface area contributed by atoms with Gasteiger partial charge in [0.05, 0.1) is 23.5 Å². The largest absolute Gasteiger partial charge is 0.488 e. The molecule has 108 valence electrons. The number of ether oxygens (including phenoxy) is 1. The molecule has 0 saturated carbocycles. The molecule has 1 atom stereocenters. The second kappa shape index (κ2) is 5.81. The fraction of sp³-hybridized carbons (Fsp3) is 0.357. The highest BCUT2D eigenvalue weighted by Gasteiger charge is 2.14. The Morgan fingerprint density at radius 1 is 1.35 bits per heavy atom. The third kappa shape index (κ3) is 3.20. The van der Waals surface area contributed by atoms with Gasteiger partial charge in [0.1, 0.15) is 5.82 Å². The van der Waals surface area contributed by atoms with Crippen molar-refractivity contribution in [3.8, 4) is 5.75 Å². The number of hydrogen-bond donors (Lipinski definition) is 3. The summed E-state index contributed by atoms with van der Waals surface area (Å²) in [5, 5.41) is 3.19. The van der Waals surface area contributed by atoms with E-state index in [4.69, 9.17) is 10.5 Å². The summed E-state index contributed by atoms with van der Waals surface area (Å²) in [4.78, 5) is 7.18. The summed E-state index contributed by atoms with van der Waals surface area (Å²) >= 11 is 0. The summed E-state index contributed by atoms with van der Waals surface area (Å²) in [6, 6.07) is 2.75. The summed E-state index contributed by atoms with van der Waals surface area (Å²) in [5.41, 5.74) is 6.78. The Morgan fingerprint density at radius 3 is 2.70 bits per heavy atom. The van der Waals surface area contributed by atoms with Gasteiger partial charge in [-0.3, -0.25) is 0 Å². The van der Waals surface area contributed by atoms with Gasteiger partial charge in [-0.25, -0.2) is 9.37 Å². The van der Waals surface area contributed by atoms with Crippen molar-refractivity contribution in [3.05, 3.63) is 36.2 Å². The number of aromatic amines is 1. The van der Waals surface area contributed by atoms with Crippen molar-refractivity contribution in [1.82, 2.24) is 9.97 Å². The highest BCUT2D eigenvalue weighted by Crippen LogP contribution is 2.30. The number of hydrogen-bond acceptors (Lipinski definition) is 4. The molecule has 0 fully saturated rings. The van der Waals surface area contributed by atoms with Crippen LogP contribution in [0, 0.1) is 5.82 Å². The molecule has 6 heteroatoms. The number of imidazole rings is 1. The van der Waals surface area contributed by atoms with E-state index in [9.17, 15) is 4.39 Å². The number of rotatable bonds is 5. The quantitative estimate of drug-likeness (QED) is 0.735. The van der Waals surface area contributed by atoms with Gasteiger partial charge < -0.3 is 20.8 Å². The molecule has 2 rings (SSSR count). The van der Waals surface area contributed by atoms with Crippen LogP contribution in [-0.2, 0) is 0 Å². The van der Waals surface area contributed by atoms with Gasteiger partial charge in [-0.2, -0.15) is 0 Å². The number of nitrogens with two attached hydrogens (primary N) is 1. The second-order valence-corrected chi connectivity index (χ2v) is 4.88. The molecule has 0 aliphatic rings. The molecule has 0 aliphatic carbocycles. The van der Waals surface area contributed by atoms with Gasteiger partial charge in [-0.15, -0.1) is 0 Å². The van der Waals surface area contributed by atoms with Crippen LogP contribution in [0.3, 0.4) is 0 Å². The molecule has 1 unspecified atom stereocenters. The smallest absolute Gasteiger partial charge is 0.167 e. The molecule has 1 aromatic heterocycles. The van der Waals surface area contributed by atoms with E-state index in [0.717, 1.165) is 5.82 Å². The van der Waals surface area contributed by atoms with Crippen LogP contribution in [0.4, 0.5) is 15.8 Å². The standard InChI is InChI=1S/C14H19FN4O/c1-8(2)20-13-7-12(11(16)6-10(13)15)19-9(3)14-17-4-5-18-14/h4-9,19H,16H2,1-3H3,(H,17,18). The molecule has 20 heavy (non-hydrogen) atoms. The van der Waals surface area contributed by atoms with Crippen LogP contribution in [0.25, 0.3) is 0 Å². The molecule has 0 bridgehead atoms. The molecule has 0 spiro atoms. The fourth-order valence-corrected chi connectivity index (χ4v) is 1.85. The van der Waals surface area contributed by atoms with Crippen LogP contribution in [0.5, 0.6) is 5.75 Å². The van der Waals surface area contributed by atoms with Crippen LogP contribution in [-0.4, -0.2) is 16.1 Å². The topological polar surface area (TPSA) is 76.0 Å². The van der Waals surface area contributed by atoms with Crippen molar-refractivity contribution in [2.75, 3.05) is 11.1 Å². The molecular weight excluding hydrogens is 259 g/mol. The maximum atomic E-state index is 13.8. The maximum absolute atomic E-state index is 13.8. The summed E-state index contributed by atoms with van der Waals surface area (Å²) < 4.78 is 19.2. The van der Waals surface area contributed by atoms with Gasteiger partial charge >= 0.3 is 0 Å². The van der Waals surface area contributed by atoms with Crippen molar-refractivity contribution in [1.29, 1.82) is 0 Å². The van der Waals surface area contributed by atoms with Gasteiger partial charge in [0, 0.05) is 24.5 Å². The Kier molecular flexibility index (Phi) is 4.12. The lowest BCUT2D eigenvalue weighted by atomic mass is 10.2. The molecule has 4 N–H and O–H groups in total. The number of aromatic nitrogens is 2. The predicted molar refractivity (Wildman–Crippen MR) is 77.2 cm³/mol. The average Bonchev–Trinajstić information content (AvgIpc) is 2.88. The highest BCUT2D eigenvalue weighted by atomic mass is 19.1. The zero-order valence-electron chi connectivity index (χ0n) is 11.8. The average molecular weight is 278 g/mol. The van der Waals surface area contributed by atoms with Gasteiger partial charge in [-0.1, -0.05) is 0 Å². The van der Waals surface area contributed by atoms with Crippen LogP contribution < -0.4 is 15.8 Å². The maximum Gasteiger partial charge on any atom is 0.167 e. The predicted octanol–water partition coefficient (Wildman–Crippen LogP) is 3.09. The van der Waals surface area contributed by atoms with Gasteiger partial charge in [0.25, 0.3) is 0 Å². The zero-order chi connectivity index (χ0) is 14.7. The van der Waals surface area contributed by atoms with E-state index in [1.165, 1.54) is 6.07 Å². The molecule has 0 aliphatic heterocycles. The molecule has 2 aromatic rings. The van der Waals surface area contributed by atoms with Crippen LogP contribution in [0.1, 0.15) is 32.6 Å². The van der Waals surface area contributed by atoms with Crippen LogP contribution >= 0.6 is 0 Å². The first-order valence-electron chi connectivity index (χ1n) is 6.49. The Labute approximate surface area is 117 Å². The Bertz CT molecular complexity index is 569. The van der Waals surface area contributed by atoms with Gasteiger partial charge in [0.2, 0.25) is 0 Å². The Balaban J connectivity index is 2.22. The summed E-state index contributed by atoms with van der Waals surface area (Å²) in [6.45, 7) is 5.62. The minimum absolute atomic E-state index is 0.0790. The van der Waals surface area contributed by atoms with E-state index in [2.05, 4.69) is 15.3 Å². The summed E-state index contributed by atoms with van der Waals surface area (Å²) in [7, 11) is 0. The van der Waals surface area contributed by atoms with Crippen molar-refractivity contribution in [2.24, 2.45) is 0 Å². The number of nitrogens with one attached hydrogen (secondary N) is 2. The normalized spacial score (nSPS) is 12.4. The van der Waals surface area contributed by atoms with E-state index in [1.54, 1.807) is 18.5 Å². The lowest BCUT2D eigenvalue weighted by molar-refractivity contribution is 0.231. The molecule has 0 saturated heterocycles. The monoisotopic (exact) mass is 278 g/mol. The molecule has 0 amide bonds. The molecular formula is C14H19FN4O. The van der Waals surface area contributed by atoms with Crippen LogP contribution in [0.2, 0.25) is 0 Å². The summed E-state index contributed by atoms with van der Waals surface area (Å²) in [6.07, 6.45) is 3.31. The second-order valence-electron chi connectivity index (χ2n) is 4.88. The number of benzene rings is 1. The lowest BCUT2D eigenvalue weighted by Crippen LogP contribution is -2.12. The van der Waals surface area contributed by atoms with E-state index in [-0.39, 0.29) is 17.9 Å². The molecule has 1 aromatic carbocycles. The molecule has 0 radical (unpaired) electrons. The first kappa shape index (κ1) is 14.2. The van der Waals surface area contributed by atoms with Crippen molar-refractivity contribution in [3.63, 3.8) is 0 Å². The van der Waals surface area contributed by atoms with Crippen molar-refractivity contribution < 1.29 is 9.13 Å². The number of nitrogen functional groups attached to an aromatic ring is 1. The van der Waals surface area contributed by atoms with Gasteiger partial charge in [-0.05, 0) is 20.8 Å². The highest BCUT2D eigenvalue weighted by molar-refractivity contribution is 5.69. The van der Waals surface area contributed by atoms with Crippen LogP contribution in [0.15, 0.2) is 24.5 Å². The van der Waals surface area contributed by atoms with E-state index < -0.39 is 5.82 Å². The third-order valence-corrected chi connectivity index (χ3v) is 2.77. The summed E-state index contributed by atoms with van der Waals surface area (Å²) in [5.74, 6) is 0.496. The number of nitrogens with zero attached hydrogens (tertiary/aromatic N) is 1. The van der Waals surface area contributed by atoms with E-state index in [1.807, 2.05) is 20.8 Å². The Morgan fingerprint density at radius 2 is 2.10 bits per heavy atom. The first-order chi connectivity index (χ1) is 9.47. The first-order valence-corrected chi connectivity index (χ1v) is 6.49. The SMILES string of the molecule is CC(C)Oc1cc(NC(C)c2ncc[nH]2)c(N)cc1F.